The molecule has 4 heteroatoms. The monoisotopic (exact) mass is 372 g/mol. The van der Waals surface area contributed by atoms with Crippen LogP contribution in [0.2, 0.25) is 0 Å². The number of hydrogen-bond acceptors (Lipinski definition) is 2. The first-order chi connectivity index (χ1) is 13.6. The maximum absolute atomic E-state index is 12.8. The van der Waals surface area contributed by atoms with Crippen LogP contribution >= 0.6 is 0 Å². The summed E-state index contributed by atoms with van der Waals surface area (Å²) >= 11 is 0. The Morgan fingerprint density at radius 3 is 2.21 bits per heavy atom. The number of nitrogens with one attached hydrogen (secondary N) is 2. The molecule has 0 heterocycles. The Balaban J connectivity index is 1.68. The van der Waals surface area contributed by atoms with Gasteiger partial charge in [0.25, 0.3) is 5.91 Å². The topological polar surface area (TPSA) is 58.2 Å². The molecule has 1 unspecified atom stereocenters. The zero-order valence-electron chi connectivity index (χ0n) is 15.9. The van der Waals surface area contributed by atoms with Crippen molar-refractivity contribution >= 4 is 17.5 Å². The molecule has 0 saturated heterocycles. The molecule has 0 spiro atoms. The van der Waals surface area contributed by atoms with E-state index >= 15 is 0 Å². The van der Waals surface area contributed by atoms with Crippen molar-refractivity contribution < 1.29 is 9.59 Å². The molecule has 3 aromatic carbocycles. The average molecular weight is 372 g/mol. The zero-order valence-corrected chi connectivity index (χ0v) is 15.9. The van der Waals surface area contributed by atoms with Crippen molar-refractivity contribution in [2.24, 2.45) is 0 Å². The molecule has 0 aliphatic rings. The number of para-hydroxylation sites is 1. The summed E-state index contributed by atoms with van der Waals surface area (Å²) in [6, 6.07) is 25.9. The Labute approximate surface area is 165 Å². The number of aryl methyl sites for hydroxylation is 2. The molecule has 28 heavy (non-hydrogen) atoms. The van der Waals surface area contributed by atoms with Crippen LogP contribution in [-0.2, 0) is 16.0 Å². The summed E-state index contributed by atoms with van der Waals surface area (Å²) in [4.78, 5) is 25.4. The standard InChI is InChI=1S/C24H24N2O2/c1-18-9-8-10-19(17-18)15-16-22(27)26-23(20-11-4-2-5-12-20)24(28)25-21-13-6-3-7-14-21/h2-14,17,23H,15-16H2,1H3,(H,25,28)(H,26,27). The molecule has 142 valence electrons. The molecule has 4 nitrogen and oxygen atoms in total. The van der Waals surface area contributed by atoms with Crippen molar-refractivity contribution in [1.29, 1.82) is 0 Å². The van der Waals surface area contributed by atoms with Crippen LogP contribution < -0.4 is 10.6 Å². The molecule has 1 atom stereocenters. The molecule has 0 saturated carbocycles. The molecule has 0 radical (unpaired) electrons. The van der Waals surface area contributed by atoms with Gasteiger partial charge in [0.15, 0.2) is 0 Å². The fraction of sp³-hybridized carbons (Fsp3) is 0.167. The van der Waals surface area contributed by atoms with Gasteiger partial charge in [-0.2, -0.15) is 0 Å². The van der Waals surface area contributed by atoms with Crippen LogP contribution in [0.4, 0.5) is 5.69 Å². The Morgan fingerprint density at radius 1 is 0.857 bits per heavy atom. The van der Waals surface area contributed by atoms with Gasteiger partial charge in [-0.1, -0.05) is 78.4 Å². The van der Waals surface area contributed by atoms with Crippen molar-refractivity contribution in [2.75, 3.05) is 5.32 Å². The largest absolute Gasteiger partial charge is 0.341 e. The van der Waals surface area contributed by atoms with E-state index in [1.54, 1.807) is 0 Å². The maximum Gasteiger partial charge on any atom is 0.251 e. The smallest absolute Gasteiger partial charge is 0.251 e. The Kier molecular flexibility index (Phi) is 6.58. The van der Waals surface area contributed by atoms with E-state index in [9.17, 15) is 9.59 Å². The van der Waals surface area contributed by atoms with Crippen molar-refractivity contribution in [3.05, 3.63) is 102 Å². The minimum Gasteiger partial charge on any atom is -0.341 e. The molecule has 3 aromatic rings. The van der Waals surface area contributed by atoms with E-state index in [1.807, 2.05) is 85.8 Å². The lowest BCUT2D eigenvalue weighted by molar-refractivity contribution is -0.126. The van der Waals surface area contributed by atoms with Gasteiger partial charge in [-0.3, -0.25) is 9.59 Å². The van der Waals surface area contributed by atoms with Crippen LogP contribution in [0.5, 0.6) is 0 Å². The quantitative estimate of drug-likeness (QED) is 0.645. The zero-order chi connectivity index (χ0) is 19.8. The van der Waals surface area contributed by atoms with Gasteiger partial charge in [0, 0.05) is 12.1 Å². The van der Waals surface area contributed by atoms with Gasteiger partial charge in [0.05, 0.1) is 0 Å². The van der Waals surface area contributed by atoms with Crippen molar-refractivity contribution in [1.82, 2.24) is 5.32 Å². The predicted molar refractivity (Wildman–Crippen MR) is 112 cm³/mol. The lowest BCUT2D eigenvalue weighted by atomic mass is 10.0. The van der Waals surface area contributed by atoms with Gasteiger partial charge in [-0.25, -0.2) is 0 Å². The maximum atomic E-state index is 12.8. The highest BCUT2D eigenvalue weighted by Crippen LogP contribution is 2.17. The van der Waals surface area contributed by atoms with E-state index in [2.05, 4.69) is 16.7 Å². The van der Waals surface area contributed by atoms with E-state index in [0.29, 0.717) is 18.5 Å². The van der Waals surface area contributed by atoms with Gasteiger partial charge in [-0.15, -0.1) is 0 Å². The number of hydrogen-bond donors (Lipinski definition) is 2. The normalized spacial score (nSPS) is 11.5. The lowest BCUT2D eigenvalue weighted by Gasteiger charge is -2.19. The van der Waals surface area contributed by atoms with Gasteiger partial charge >= 0.3 is 0 Å². The highest BCUT2D eigenvalue weighted by atomic mass is 16.2. The van der Waals surface area contributed by atoms with Crippen molar-refractivity contribution in [3.8, 4) is 0 Å². The first kappa shape index (κ1) is 19.4. The van der Waals surface area contributed by atoms with E-state index in [0.717, 1.165) is 11.1 Å². The van der Waals surface area contributed by atoms with Gasteiger partial charge in [0.1, 0.15) is 6.04 Å². The van der Waals surface area contributed by atoms with Crippen LogP contribution in [-0.4, -0.2) is 11.8 Å². The second kappa shape index (κ2) is 9.51. The van der Waals surface area contributed by atoms with Gasteiger partial charge < -0.3 is 10.6 Å². The number of rotatable bonds is 7. The van der Waals surface area contributed by atoms with Crippen LogP contribution in [0.3, 0.4) is 0 Å². The number of amides is 2. The molecule has 0 fully saturated rings. The molecular weight excluding hydrogens is 348 g/mol. The second-order valence-electron chi connectivity index (χ2n) is 6.76. The fourth-order valence-corrected chi connectivity index (χ4v) is 3.04. The number of carbonyl (C=O) groups excluding carboxylic acids is 2. The van der Waals surface area contributed by atoms with Crippen LogP contribution in [0.25, 0.3) is 0 Å². The molecule has 0 aliphatic carbocycles. The van der Waals surface area contributed by atoms with Crippen molar-refractivity contribution in [3.63, 3.8) is 0 Å². The highest BCUT2D eigenvalue weighted by Gasteiger charge is 2.22. The van der Waals surface area contributed by atoms with Crippen molar-refractivity contribution in [2.45, 2.75) is 25.8 Å². The molecule has 0 bridgehead atoms. The third-order valence-electron chi connectivity index (χ3n) is 4.46. The minimum atomic E-state index is -0.744. The number of anilines is 1. The molecular formula is C24H24N2O2. The summed E-state index contributed by atoms with van der Waals surface area (Å²) in [7, 11) is 0. The third-order valence-corrected chi connectivity index (χ3v) is 4.46. The van der Waals surface area contributed by atoms with E-state index in [1.165, 1.54) is 5.56 Å². The molecule has 0 aliphatic heterocycles. The Hall–Kier alpha value is -3.40. The Bertz CT molecular complexity index is 924. The average Bonchev–Trinajstić information content (AvgIpc) is 2.72. The number of carbonyl (C=O) groups is 2. The fourth-order valence-electron chi connectivity index (χ4n) is 3.04. The first-order valence-electron chi connectivity index (χ1n) is 9.37. The number of benzene rings is 3. The summed E-state index contributed by atoms with van der Waals surface area (Å²) in [5, 5.41) is 5.76. The van der Waals surface area contributed by atoms with Crippen LogP contribution in [0.15, 0.2) is 84.9 Å². The summed E-state index contributed by atoms with van der Waals surface area (Å²) in [5.74, 6) is -0.417. The lowest BCUT2D eigenvalue weighted by Crippen LogP contribution is -2.37. The highest BCUT2D eigenvalue weighted by molar-refractivity contribution is 5.97. The van der Waals surface area contributed by atoms with Gasteiger partial charge in [0.2, 0.25) is 5.91 Å². The minimum absolute atomic E-state index is 0.154. The third kappa shape index (κ3) is 5.55. The van der Waals surface area contributed by atoms with Crippen LogP contribution in [0.1, 0.15) is 29.2 Å². The molecule has 2 amide bonds. The summed E-state index contributed by atoms with van der Waals surface area (Å²) in [6.07, 6.45) is 0.959. The van der Waals surface area contributed by atoms with E-state index in [4.69, 9.17) is 0 Å². The predicted octanol–water partition coefficient (Wildman–Crippen LogP) is 4.42. The van der Waals surface area contributed by atoms with Gasteiger partial charge in [-0.05, 0) is 36.6 Å². The Morgan fingerprint density at radius 2 is 1.54 bits per heavy atom. The first-order valence-corrected chi connectivity index (χ1v) is 9.37. The molecule has 3 rings (SSSR count). The van der Waals surface area contributed by atoms with E-state index < -0.39 is 6.04 Å². The van der Waals surface area contributed by atoms with E-state index in [-0.39, 0.29) is 11.8 Å². The summed E-state index contributed by atoms with van der Waals surface area (Å²) in [6.45, 7) is 2.03. The SMILES string of the molecule is Cc1cccc(CCC(=O)NC(C(=O)Nc2ccccc2)c2ccccc2)c1. The molecule has 2 N–H and O–H groups in total. The summed E-state index contributed by atoms with van der Waals surface area (Å²) in [5.41, 5.74) is 3.73. The second-order valence-corrected chi connectivity index (χ2v) is 6.76. The van der Waals surface area contributed by atoms with Crippen LogP contribution in [0, 0.1) is 6.92 Å². The molecule has 0 aromatic heterocycles. The summed E-state index contributed by atoms with van der Waals surface area (Å²) < 4.78 is 0.